The Labute approximate surface area is 138 Å². The number of ether oxygens (including phenoxy) is 2. The molecule has 1 aromatic rings. The van der Waals surface area contributed by atoms with Gasteiger partial charge in [-0.1, -0.05) is 12.5 Å². The van der Waals surface area contributed by atoms with Gasteiger partial charge >= 0.3 is 0 Å². The van der Waals surface area contributed by atoms with Crippen molar-refractivity contribution in [1.29, 1.82) is 0 Å². The van der Waals surface area contributed by atoms with E-state index in [-0.39, 0.29) is 30.8 Å². The summed E-state index contributed by atoms with van der Waals surface area (Å²) in [6.45, 7) is 0.628. The van der Waals surface area contributed by atoms with Crippen molar-refractivity contribution in [3.8, 4) is 11.5 Å². The van der Waals surface area contributed by atoms with E-state index in [1.54, 1.807) is 14.2 Å². The van der Waals surface area contributed by atoms with Crippen LogP contribution in [0.25, 0.3) is 0 Å². The lowest BCUT2D eigenvalue weighted by molar-refractivity contribution is -0.121. The molecule has 3 N–H and O–H groups in total. The molecule has 0 saturated heterocycles. The summed E-state index contributed by atoms with van der Waals surface area (Å²) in [6, 6.07) is 5.72. The van der Waals surface area contributed by atoms with Crippen molar-refractivity contribution in [2.45, 2.75) is 31.7 Å². The van der Waals surface area contributed by atoms with Crippen molar-refractivity contribution in [1.82, 2.24) is 5.32 Å². The Morgan fingerprint density at radius 2 is 1.91 bits per heavy atom. The lowest BCUT2D eigenvalue weighted by atomic mass is 10.0. The third kappa shape index (κ3) is 4.27. The minimum absolute atomic E-state index is 0. The second-order valence-electron chi connectivity index (χ2n) is 5.42. The molecule has 1 aliphatic carbocycles. The van der Waals surface area contributed by atoms with Crippen LogP contribution in [0.2, 0.25) is 0 Å². The fourth-order valence-electron chi connectivity index (χ4n) is 3.03. The highest BCUT2D eigenvalue weighted by Crippen LogP contribution is 2.29. The highest BCUT2D eigenvalue weighted by molar-refractivity contribution is 5.85. The van der Waals surface area contributed by atoms with Crippen molar-refractivity contribution < 1.29 is 14.3 Å². The van der Waals surface area contributed by atoms with E-state index >= 15 is 0 Å². The maximum absolute atomic E-state index is 12.3. The summed E-state index contributed by atoms with van der Waals surface area (Å²) in [5.74, 6) is 1.73. The first-order chi connectivity index (χ1) is 10.2. The third-order valence-corrected chi connectivity index (χ3v) is 4.18. The summed E-state index contributed by atoms with van der Waals surface area (Å²) in [5.41, 5.74) is 6.53. The summed E-state index contributed by atoms with van der Waals surface area (Å²) in [5, 5.41) is 3.10. The first-order valence-electron chi connectivity index (χ1n) is 7.38. The number of nitrogens with two attached hydrogens (primary N) is 1. The molecule has 124 valence electrons. The Balaban J connectivity index is 0.00000242. The number of methoxy groups -OCH3 is 2. The largest absolute Gasteiger partial charge is 0.496 e. The van der Waals surface area contributed by atoms with E-state index in [9.17, 15) is 4.79 Å². The molecule has 5 nitrogen and oxygen atoms in total. The molecule has 2 atom stereocenters. The molecule has 2 rings (SSSR count). The van der Waals surface area contributed by atoms with Gasteiger partial charge in [0.05, 0.1) is 20.6 Å². The van der Waals surface area contributed by atoms with Gasteiger partial charge in [0.2, 0.25) is 5.91 Å². The number of carbonyl (C=O) groups is 1. The molecule has 0 aromatic heterocycles. The second kappa shape index (κ2) is 8.86. The zero-order valence-corrected chi connectivity index (χ0v) is 13.9. The van der Waals surface area contributed by atoms with Crippen molar-refractivity contribution in [3.05, 3.63) is 23.8 Å². The highest BCUT2D eigenvalue weighted by atomic mass is 35.5. The maximum Gasteiger partial charge on any atom is 0.224 e. The van der Waals surface area contributed by atoms with E-state index in [1.165, 1.54) is 0 Å². The molecule has 1 aromatic carbocycles. The highest BCUT2D eigenvalue weighted by Gasteiger charge is 2.27. The van der Waals surface area contributed by atoms with Gasteiger partial charge in [-0.3, -0.25) is 4.79 Å². The normalized spacial score (nSPS) is 20.1. The van der Waals surface area contributed by atoms with Crippen LogP contribution < -0.4 is 20.5 Å². The maximum atomic E-state index is 12.3. The molecule has 1 amide bonds. The number of carbonyl (C=O) groups excluding carboxylic acids is 1. The smallest absolute Gasteiger partial charge is 0.224 e. The first kappa shape index (κ1) is 18.6. The van der Waals surface area contributed by atoms with Crippen molar-refractivity contribution in [3.63, 3.8) is 0 Å². The van der Waals surface area contributed by atoms with Crippen LogP contribution in [0.5, 0.6) is 11.5 Å². The number of nitrogens with one attached hydrogen (secondary N) is 1. The van der Waals surface area contributed by atoms with E-state index in [0.717, 1.165) is 24.8 Å². The molecule has 1 aliphatic rings. The van der Waals surface area contributed by atoms with Crippen molar-refractivity contribution >= 4 is 18.3 Å². The Kier molecular flexibility index (Phi) is 7.48. The Morgan fingerprint density at radius 1 is 1.27 bits per heavy atom. The number of amides is 1. The van der Waals surface area contributed by atoms with E-state index in [1.807, 2.05) is 18.2 Å². The Hall–Kier alpha value is -1.46. The van der Waals surface area contributed by atoms with Crippen LogP contribution in [0.15, 0.2) is 18.2 Å². The van der Waals surface area contributed by atoms with Crippen molar-refractivity contribution in [2.75, 3.05) is 20.8 Å². The fourth-order valence-corrected chi connectivity index (χ4v) is 3.03. The van der Waals surface area contributed by atoms with Crippen LogP contribution in [0.1, 0.15) is 24.8 Å². The van der Waals surface area contributed by atoms with Gasteiger partial charge in [0.25, 0.3) is 0 Å². The van der Waals surface area contributed by atoms with E-state index in [4.69, 9.17) is 15.2 Å². The molecule has 0 heterocycles. The molecular formula is C16H25ClN2O3. The number of hydrogen-bond donors (Lipinski definition) is 2. The molecule has 1 fully saturated rings. The zero-order chi connectivity index (χ0) is 15.2. The van der Waals surface area contributed by atoms with Gasteiger partial charge in [-0.25, -0.2) is 0 Å². The van der Waals surface area contributed by atoms with Crippen LogP contribution >= 0.6 is 12.4 Å². The second-order valence-corrected chi connectivity index (χ2v) is 5.42. The molecule has 1 saturated carbocycles. The summed E-state index contributed by atoms with van der Waals surface area (Å²) in [4.78, 5) is 12.3. The van der Waals surface area contributed by atoms with Gasteiger partial charge in [-0.2, -0.15) is 0 Å². The lowest BCUT2D eigenvalue weighted by Crippen LogP contribution is -2.40. The zero-order valence-electron chi connectivity index (χ0n) is 13.1. The molecule has 22 heavy (non-hydrogen) atoms. The molecule has 0 aliphatic heterocycles. The predicted molar refractivity (Wildman–Crippen MR) is 88.8 cm³/mol. The number of halogens is 1. The quantitative estimate of drug-likeness (QED) is 0.836. The van der Waals surface area contributed by atoms with Crippen LogP contribution in [0.3, 0.4) is 0 Å². The number of hydrogen-bond acceptors (Lipinski definition) is 4. The molecular weight excluding hydrogens is 304 g/mol. The van der Waals surface area contributed by atoms with Crippen LogP contribution in [0.4, 0.5) is 0 Å². The molecule has 0 spiro atoms. The standard InChI is InChI=1S/C16H24N2O3.ClH/c1-20-14-7-4-8-15(21-2)12(14)9-16(19)18-13-6-3-5-11(13)10-17;/h4,7-8,11,13H,3,5-6,9-10,17H2,1-2H3,(H,18,19);1H. The van der Waals surface area contributed by atoms with Gasteiger partial charge in [-0.05, 0) is 37.4 Å². The van der Waals surface area contributed by atoms with Gasteiger partial charge in [0, 0.05) is 11.6 Å². The molecule has 2 unspecified atom stereocenters. The third-order valence-electron chi connectivity index (χ3n) is 4.18. The van der Waals surface area contributed by atoms with Crippen LogP contribution in [0, 0.1) is 5.92 Å². The minimum Gasteiger partial charge on any atom is -0.496 e. The summed E-state index contributed by atoms with van der Waals surface area (Å²) >= 11 is 0. The lowest BCUT2D eigenvalue weighted by Gasteiger charge is -2.20. The van der Waals surface area contributed by atoms with E-state index in [2.05, 4.69) is 5.32 Å². The number of benzene rings is 1. The van der Waals surface area contributed by atoms with E-state index in [0.29, 0.717) is 24.0 Å². The molecule has 0 radical (unpaired) electrons. The van der Waals surface area contributed by atoms with Gasteiger partial charge in [-0.15, -0.1) is 12.4 Å². The topological polar surface area (TPSA) is 73.6 Å². The van der Waals surface area contributed by atoms with Crippen LogP contribution in [-0.4, -0.2) is 32.7 Å². The summed E-state index contributed by atoms with van der Waals surface area (Å²) in [6.07, 6.45) is 3.49. The Morgan fingerprint density at radius 3 is 2.45 bits per heavy atom. The van der Waals surface area contributed by atoms with Gasteiger partial charge in [0.15, 0.2) is 0 Å². The van der Waals surface area contributed by atoms with Crippen LogP contribution in [-0.2, 0) is 11.2 Å². The van der Waals surface area contributed by atoms with Crippen molar-refractivity contribution in [2.24, 2.45) is 11.7 Å². The van der Waals surface area contributed by atoms with E-state index < -0.39 is 0 Å². The predicted octanol–water partition coefficient (Wildman–Crippen LogP) is 1.91. The summed E-state index contributed by atoms with van der Waals surface area (Å²) in [7, 11) is 3.19. The van der Waals surface area contributed by atoms with Gasteiger partial charge < -0.3 is 20.5 Å². The average molecular weight is 329 g/mol. The number of rotatable bonds is 6. The average Bonchev–Trinajstić information content (AvgIpc) is 2.94. The summed E-state index contributed by atoms with van der Waals surface area (Å²) < 4.78 is 10.6. The molecule has 0 bridgehead atoms. The monoisotopic (exact) mass is 328 g/mol. The first-order valence-corrected chi connectivity index (χ1v) is 7.38. The Bertz CT molecular complexity index is 474. The molecule has 6 heteroatoms. The SMILES string of the molecule is COc1cccc(OC)c1CC(=O)NC1CCCC1CN.Cl. The van der Waals surface area contributed by atoms with Gasteiger partial charge in [0.1, 0.15) is 11.5 Å². The fraction of sp³-hybridized carbons (Fsp3) is 0.562. The minimum atomic E-state index is -0.0110.